The molecule has 0 radical (unpaired) electrons. The molecule has 18 heavy (non-hydrogen) atoms. The van der Waals surface area contributed by atoms with Gasteiger partial charge >= 0.3 is 6.09 Å². The SMILES string of the molecule is CCC(=O)C1CCN(C(=O)OC(C)(C)C)C1CC. The summed E-state index contributed by atoms with van der Waals surface area (Å²) in [6.07, 6.45) is 1.82. The fourth-order valence-electron chi connectivity index (χ4n) is 2.54. The average molecular weight is 255 g/mol. The molecule has 1 amide bonds. The Balaban J connectivity index is 2.73. The van der Waals surface area contributed by atoms with Crippen molar-refractivity contribution in [1.29, 1.82) is 0 Å². The van der Waals surface area contributed by atoms with Crippen LogP contribution in [-0.2, 0) is 9.53 Å². The van der Waals surface area contributed by atoms with Crippen LogP contribution in [0.4, 0.5) is 4.79 Å². The van der Waals surface area contributed by atoms with E-state index >= 15 is 0 Å². The standard InChI is InChI=1S/C14H25NO3/c1-6-11-10(12(16)7-2)8-9-15(11)13(17)18-14(3,4)5/h10-11H,6-9H2,1-5H3. The fourth-order valence-corrected chi connectivity index (χ4v) is 2.54. The molecule has 4 heteroatoms. The van der Waals surface area contributed by atoms with E-state index in [1.54, 1.807) is 4.90 Å². The van der Waals surface area contributed by atoms with Crippen LogP contribution in [0.15, 0.2) is 0 Å². The third-order valence-electron chi connectivity index (χ3n) is 3.35. The van der Waals surface area contributed by atoms with Gasteiger partial charge in [0.05, 0.1) is 0 Å². The van der Waals surface area contributed by atoms with Crippen molar-refractivity contribution in [2.24, 2.45) is 5.92 Å². The maximum atomic E-state index is 12.1. The molecule has 4 nitrogen and oxygen atoms in total. The lowest BCUT2D eigenvalue weighted by molar-refractivity contribution is -0.123. The maximum Gasteiger partial charge on any atom is 0.410 e. The first-order valence-corrected chi connectivity index (χ1v) is 6.82. The van der Waals surface area contributed by atoms with Crippen LogP contribution in [-0.4, -0.2) is 35.0 Å². The molecular weight excluding hydrogens is 230 g/mol. The van der Waals surface area contributed by atoms with E-state index in [1.807, 2.05) is 34.6 Å². The van der Waals surface area contributed by atoms with Gasteiger partial charge in [-0.1, -0.05) is 13.8 Å². The predicted molar refractivity (Wildman–Crippen MR) is 70.4 cm³/mol. The van der Waals surface area contributed by atoms with Gasteiger partial charge in [-0.05, 0) is 33.6 Å². The van der Waals surface area contributed by atoms with Crippen molar-refractivity contribution in [3.8, 4) is 0 Å². The molecule has 0 bridgehead atoms. The molecule has 0 aliphatic carbocycles. The Hall–Kier alpha value is -1.06. The van der Waals surface area contributed by atoms with Gasteiger partial charge in [-0.3, -0.25) is 4.79 Å². The van der Waals surface area contributed by atoms with Crippen LogP contribution in [0.25, 0.3) is 0 Å². The molecule has 1 saturated heterocycles. The van der Waals surface area contributed by atoms with Gasteiger partial charge in [0.25, 0.3) is 0 Å². The van der Waals surface area contributed by atoms with E-state index in [2.05, 4.69) is 0 Å². The van der Waals surface area contributed by atoms with E-state index in [9.17, 15) is 9.59 Å². The molecule has 104 valence electrons. The molecule has 0 spiro atoms. The highest BCUT2D eigenvalue weighted by molar-refractivity contribution is 5.83. The monoisotopic (exact) mass is 255 g/mol. The Bertz CT molecular complexity index is 319. The normalized spacial score (nSPS) is 24.2. The van der Waals surface area contributed by atoms with Gasteiger partial charge in [-0.2, -0.15) is 0 Å². The smallest absolute Gasteiger partial charge is 0.410 e. The minimum atomic E-state index is -0.484. The number of ketones is 1. The lowest BCUT2D eigenvalue weighted by atomic mass is 9.92. The molecule has 0 aromatic heterocycles. The first kappa shape index (κ1) is 15.0. The zero-order valence-electron chi connectivity index (χ0n) is 12.2. The second-order valence-corrected chi connectivity index (χ2v) is 5.86. The third-order valence-corrected chi connectivity index (χ3v) is 3.35. The molecule has 1 fully saturated rings. The summed E-state index contributed by atoms with van der Waals surface area (Å²) >= 11 is 0. The molecule has 0 N–H and O–H groups in total. The molecule has 0 saturated carbocycles. The second-order valence-electron chi connectivity index (χ2n) is 5.86. The highest BCUT2D eigenvalue weighted by atomic mass is 16.6. The first-order valence-electron chi connectivity index (χ1n) is 6.82. The van der Waals surface area contributed by atoms with Crippen LogP contribution < -0.4 is 0 Å². The molecule has 0 aromatic rings. The lowest BCUT2D eigenvalue weighted by Gasteiger charge is -2.29. The zero-order chi connectivity index (χ0) is 13.9. The Labute approximate surface area is 110 Å². The minimum Gasteiger partial charge on any atom is -0.444 e. The van der Waals surface area contributed by atoms with E-state index in [1.165, 1.54) is 0 Å². The minimum absolute atomic E-state index is 0.00676. The van der Waals surface area contributed by atoms with Crippen molar-refractivity contribution in [3.05, 3.63) is 0 Å². The zero-order valence-corrected chi connectivity index (χ0v) is 12.2. The molecule has 2 atom stereocenters. The number of Topliss-reactive ketones (excluding diaryl/α,β-unsaturated/α-hetero) is 1. The first-order chi connectivity index (χ1) is 8.30. The summed E-state index contributed by atoms with van der Waals surface area (Å²) in [6.45, 7) is 10.1. The van der Waals surface area contributed by atoms with Gasteiger partial charge in [0.1, 0.15) is 11.4 Å². The number of hydrogen-bond acceptors (Lipinski definition) is 3. The predicted octanol–water partition coefficient (Wildman–Crippen LogP) is 3.00. The Morgan fingerprint density at radius 3 is 2.33 bits per heavy atom. The van der Waals surface area contributed by atoms with E-state index < -0.39 is 5.60 Å². The number of carbonyl (C=O) groups excluding carboxylic acids is 2. The van der Waals surface area contributed by atoms with Gasteiger partial charge in [0.15, 0.2) is 0 Å². The van der Waals surface area contributed by atoms with Gasteiger partial charge in [0.2, 0.25) is 0 Å². The Morgan fingerprint density at radius 1 is 1.28 bits per heavy atom. The van der Waals surface area contributed by atoms with Crippen LogP contribution in [0.2, 0.25) is 0 Å². The number of hydrogen-bond donors (Lipinski definition) is 0. The summed E-state index contributed by atoms with van der Waals surface area (Å²) in [5, 5.41) is 0. The van der Waals surface area contributed by atoms with Crippen molar-refractivity contribution in [2.75, 3.05) is 6.54 Å². The molecule has 1 aliphatic heterocycles. The van der Waals surface area contributed by atoms with Crippen molar-refractivity contribution >= 4 is 11.9 Å². The Kier molecular flexibility index (Phi) is 4.77. The quantitative estimate of drug-likeness (QED) is 0.778. The Morgan fingerprint density at radius 2 is 1.89 bits per heavy atom. The van der Waals surface area contributed by atoms with Gasteiger partial charge in [-0.25, -0.2) is 4.79 Å². The molecule has 1 heterocycles. The van der Waals surface area contributed by atoms with E-state index in [-0.39, 0.29) is 23.8 Å². The average Bonchev–Trinajstić information content (AvgIpc) is 2.69. The maximum absolute atomic E-state index is 12.1. The molecule has 1 rings (SSSR count). The highest BCUT2D eigenvalue weighted by Gasteiger charge is 2.40. The third kappa shape index (κ3) is 3.47. The number of likely N-dealkylation sites (tertiary alicyclic amines) is 1. The van der Waals surface area contributed by atoms with Crippen LogP contribution in [0.5, 0.6) is 0 Å². The summed E-state index contributed by atoms with van der Waals surface area (Å²) in [6, 6.07) is 0.00676. The molecular formula is C14H25NO3. The molecule has 2 unspecified atom stereocenters. The van der Waals surface area contributed by atoms with Gasteiger partial charge < -0.3 is 9.64 Å². The van der Waals surface area contributed by atoms with Crippen molar-refractivity contribution in [3.63, 3.8) is 0 Å². The summed E-state index contributed by atoms with van der Waals surface area (Å²) in [5.74, 6) is 0.250. The van der Waals surface area contributed by atoms with Crippen molar-refractivity contribution in [1.82, 2.24) is 4.90 Å². The van der Waals surface area contributed by atoms with Crippen LogP contribution in [0.1, 0.15) is 53.9 Å². The number of nitrogens with zero attached hydrogens (tertiary/aromatic N) is 1. The highest BCUT2D eigenvalue weighted by Crippen LogP contribution is 2.29. The van der Waals surface area contributed by atoms with Crippen molar-refractivity contribution < 1.29 is 14.3 Å². The van der Waals surface area contributed by atoms with E-state index in [0.29, 0.717) is 13.0 Å². The summed E-state index contributed by atoms with van der Waals surface area (Å²) in [5.41, 5.74) is -0.484. The fraction of sp³-hybridized carbons (Fsp3) is 0.857. The van der Waals surface area contributed by atoms with Crippen LogP contribution in [0, 0.1) is 5.92 Å². The number of ether oxygens (including phenoxy) is 1. The van der Waals surface area contributed by atoms with E-state index in [0.717, 1.165) is 12.8 Å². The number of amides is 1. The molecule has 0 aromatic carbocycles. The summed E-state index contributed by atoms with van der Waals surface area (Å²) in [4.78, 5) is 25.7. The second kappa shape index (κ2) is 5.72. The summed E-state index contributed by atoms with van der Waals surface area (Å²) in [7, 11) is 0. The number of rotatable bonds is 3. The molecule has 1 aliphatic rings. The van der Waals surface area contributed by atoms with E-state index in [4.69, 9.17) is 4.74 Å². The van der Waals surface area contributed by atoms with Gasteiger partial charge in [-0.15, -0.1) is 0 Å². The largest absolute Gasteiger partial charge is 0.444 e. The van der Waals surface area contributed by atoms with Crippen LogP contribution in [0.3, 0.4) is 0 Å². The topological polar surface area (TPSA) is 46.6 Å². The number of carbonyl (C=O) groups is 2. The summed E-state index contributed by atoms with van der Waals surface area (Å²) < 4.78 is 5.39. The lowest BCUT2D eigenvalue weighted by Crippen LogP contribution is -2.42. The van der Waals surface area contributed by atoms with Crippen molar-refractivity contribution in [2.45, 2.75) is 65.5 Å². The van der Waals surface area contributed by atoms with Crippen LogP contribution >= 0.6 is 0 Å². The van der Waals surface area contributed by atoms with Gasteiger partial charge in [0, 0.05) is 24.9 Å².